The Morgan fingerprint density at radius 1 is 1.11 bits per heavy atom. The minimum absolute atomic E-state index is 0.237. The average molecular weight is 266 g/mol. The van der Waals surface area contributed by atoms with Crippen molar-refractivity contribution in [1.29, 1.82) is 0 Å². The summed E-state index contributed by atoms with van der Waals surface area (Å²) >= 11 is 0. The van der Waals surface area contributed by atoms with Crippen molar-refractivity contribution < 1.29 is 4.74 Å². The van der Waals surface area contributed by atoms with Crippen LogP contribution in [-0.2, 0) is 0 Å². The molecule has 0 saturated heterocycles. The molecule has 0 aromatic carbocycles. The molecule has 0 unspecified atom stereocenters. The van der Waals surface area contributed by atoms with Crippen LogP contribution in [0.25, 0.3) is 0 Å². The predicted molar refractivity (Wildman–Crippen MR) is 79.5 cm³/mol. The van der Waals surface area contributed by atoms with E-state index < -0.39 is 0 Å². The fraction of sp³-hybridized carbons (Fsp3) is 0.714. The summed E-state index contributed by atoms with van der Waals surface area (Å²) in [6.07, 6.45) is 9.10. The molecule has 0 aliphatic heterocycles. The van der Waals surface area contributed by atoms with E-state index in [4.69, 9.17) is 10.5 Å². The topological polar surface area (TPSA) is 73.1 Å². The quantitative estimate of drug-likeness (QED) is 0.636. The van der Waals surface area contributed by atoms with E-state index in [0.29, 0.717) is 5.88 Å². The zero-order chi connectivity index (χ0) is 13.9. The van der Waals surface area contributed by atoms with E-state index in [0.717, 1.165) is 18.8 Å². The smallest absolute Gasteiger partial charge is 0.225 e. The number of nitrogens with one attached hydrogen (secondary N) is 1. The number of hydrogen-bond acceptors (Lipinski definition) is 5. The first-order valence-corrected chi connectivity index (χ1v) is 7.18. The molecule has 0 saturated carbocycles. The summed E-state index contributed by atoms with van der Waals surface area (Å²) in [5.41, 5.74) is 5.59. The van der Waals surface area contributed by atoms with Crippen molar-refractivity contribution in [3.8, 4) is 5.88 Å². The van der Waals surface area contributed by atoms with Crippen LogP contribution in [0.1, 0.15) is 51.9 Å². The maximum absolute atomic E-state index is 5.59. The van der Waals surface area contributed by atoms with Crippen molar-refractivity contribution in [3.63, 3.8) is 0 Å². The average Bonchev–Trinajstić information content (AvgIpc) is 2.41. The number of ether oxygens (including phenoxy) is 1. The van der Waals surface area contributed by atoms with Crippen LogP contribution < -0.4 is 15.8 Å². The van der Waals surface area contributed by atoms with Gasteiger partial charge in [-0.05, 0) is 6.42 Å². The number of nitrogen functional groups attached to an aromatic ring is 1. The minimum atomic E-state index is 0.237. The highest BCUT2D eigenvalue weighted by Crippen LogP contribution is 2.14. The van der Waals surface area contributed by atoms with Crippen LogP contribution in [0.3, 0.4) is 0 Å². The van der Waals surface area contributed by atoms with Crippen molar-refractivity contribution >= 4 is 11.8 Å². The molecular weight excluding hydrogens is 240 g/mol. The van der Waals surface area contributed by atoms with Gasteiger partial charge in [-0.25, -0.2) is 0 Å². The summed E-state index contributed by atoms with van der Waals surface area (Å²) in [6, 6.07) is 1.76. The van der Waals surface area contributed by atoms with Crippen molar-refractivity contribution in [1.82, 2.24) is 9.97 Å². The summed E-state index contributed by atoms with van der Waals surface area (Å²) in [5, 5.41) is 3.25. The Hall–Kier alpha value is -1.52. The Labute approximate surface area is 116 Å². The Morgan fingerprint density at radius 2 is 1.79 bits per heavy atom. The summed E-state index contributed by atoms with van der Waals surface area (Å²) < 4.78 is 5.05. The van der Waals surface area contributed by atoms with Gasteiger partial charge in [-0.3, -0.25) is 0 Å². The number of nitrogens with zero attached hydrogens (tertiary/aromatic N) is 2. The molecule has 0 aliphatic rings. The highest BCUT2D eigenvalue weighted by atomic mass is 16.5. The van der Waals surface area contributed by atoms with E-state index >= 15 is 0 Å². The number of nitrogens with two attached hydrogens (primary N) is 1. The molecule has 1 aromatic heterocycles. The van der Waals surface area contributed by atoms with Crippen LogP contribution >= 0.6 is 0 Å². The zero-order valence-electron chi connectivity index (χ0n) is 12.1. The number of methoxy groups -OCH3 is 1. The second-order valence-electron chi connectivity index (χ2n) is 4.70. The molecule has 0 aliphatic carbocycles. The molecule has 0 atom stereocenters. The largest absolute Gasteiger partial charge is 0.481 e. The van der Waals surface area contributed by atoms with E-state index in [-0.39, 0.29) is 5.95 Å². The monoisotopic (exact) mass is 266 g/mol. The SMILES string of the molecule is CCCCCCCCCNc1cc(OC)nc(N)n1. The molecule has 0 bridgehead atoms. The lowest BCUT2D eigenvalue weighted by molar-refractivity contribution is 0.398. The first-order valence-electron chi connectivity index (χ1n) is 7.18. The van der Waals surface area contributed by atoms with Crippen LogP contribution in [0.15, 0.2) is 6.07 Å². The molecule has 0 radical (unpaired) electrons. The number of anilines is 2. The van der Waals surface area contributed by atoms with Crippen molar-refractivity contribution in [3.05, 3.63) is 6.07 Å². The van der Waals surface area contributed by atoms with Gasteiger partial charge in [0, 0.05) is 12.6 Å². The Kier molecular flexibility index (Phi) is 7.70. The van der Waals surface area contributed by atoms with Crippen LogP contribution in [0.2, 0.25) is 0 Å². The number of rotatable bonds is 10. The van der Waals surface area contributed by atoms with Crippen molar-refractivity contribution in [2.45, 2.75) is 51.9 Å². The van der Waals surface area contributed by atoms with Gasteiger partial charge < -0.3 is 15.8 Å². The molecular formula is C14H26N4O. The van der Waals surface area contributed by atoms with Gasteiger partial charge in [0.25, 0.3) is 0 Å². The minimum Gasteiger partial charge on any atom is -0.481 e. The maximum Gasteiger partial charge on any atom is 0.225 e. The van der Waals surface area contributed by atoms with Gasteiger partial charge in [-0.15, -0.1) is 0 Å². The van der Waals surface area contributed by atoms with Gasteiger partial charge in [0.2, 0.25) is 11.8 Å². The summed E-state index contributed by atoms with van der Waals surface area (Å²) in [4.78, 5) is 8.06. The number of aromatic nitrogens is 2. The second-order valence-corrected chi connectivity index (χ2v) is 4.70. The van der Waals surface area contributed by atoms with Gasteiger partial charge in [0.15, 0.2) is 0 Å². The Morgan fingerprint density at radius 3 is 2.47 bits per heavy atom. The zero-order valence-corrected chi connectivity index (χ0v) is 12.1. The first kappa shape index (κ1) is 15.5. The van der Waals surface area contributed by atoms with Gasteiger partial charge in [-0.1, -0.05) is 45.4 Å². The fourth-order valence-corrected chi connectivity index (χ4v) is 1.94. The molecule has 1 aromatic rings. The molecule has 108 valence electrons. The summed E-state index contributed by atoms with van der Waals surface area (Å²) in [7, 11) is 1.57. The Balaban J connectivity index is 2.13. The van der Waals surface area contributed by atoms with Crippen LogP contribution in [-0.4, -0.2) is 23.6 Å². The van der Waals surface area contributed by atoms with Gasteiger partial charge in [0.1, 0.15) is 5.82 Å². The van der Waals surface area contributed by atoms with Crippen LogP contribution in [0.5, 0.6) is 5.88 Å². The molecule has 0 amide bonds. The van der Waals surface area contributed by atoms with E-state index in [1.165, 1.54) is 38.5 Å². The lowest BCUT2D eigenvalue weighted by Crippen LogP contribution is -2.06. The van der Waals surface area contributed by atoms with E-state index in [1.54, 1.807) is 13.2 Å². The highest BCUT2D eigenvalue weighted by molar-refractivity contribution is 5.42. The van der Waals surface area contributed by atoms with Crippen molar-refractivity contribution in [2.75, 3.05) is 24.7 Å². The van der Waals surface area contributed by atoms with Crippen molar-refractivity contribution in [2.24, 2.45) is 0 Å². The Bertz CT molecular complexity index is 357. The summed E-state index contributed by atoms with van der Waals surface area (Å²) in [5.74, 6) is 1.46. The predicted octanol–water partition coefficient (Wildman–Crippen LogP) is 3.23. The molecule has 5 heteroatoms. The molecule has 0 fully saturated rings. The third-order valence-electron chi connectivity index (χ3n) is 3.02. The molecule has 1 heterocycles. The normalized spacial score (nSPS) is 10.4. The number of hydrogen-bond donors (Lipinski definition) is 2. The fourth-order valence-electron chi connectivity index (χ4n) is 1.94. The lowest BCUT2D eigenvalue weighted by atomic mass is 10.1. The molecule has 5 nitrogen and oxygen atoms in total. The highest BCUT2D eigenvalue weighted by Gasteiger charge is 2.01. The lowest BCUT2D eigenvalue weighted by Gasteiger charge is -2.07. The molecule has 1 rings (SSSR count). The number of unbranched alkanes of at least 4 members (excludes halogenated alkanes) is 6. The van der Waals surface area contributed by atoms with Gasteiger partial charge in [0.05, 0.1) is 7.11 Å². The van der Waals surface area contributed by atoms with Gasteiger partial charge in [-0.2, -0.15) is 9.97 Å². The van der Waals surface area contributed by atoms with Gasteiger partial charge >= 0.3 is 0 Å². The van der Waals surface area contributed by atoms with E-state index in [1.807, 2.05) is 0 Å². The third-order valence-corrected chi connectivity index (χ3v) is 3.02. The van der Waals surface area contributed by atoms with E-state index in [2.05, 4.69) is 22.2 Å². The third kappa shape index (κ3) is 6.84. The van der Waals surface area contributed by atoms with E-state index in [9.17, 15) is 0 Å². The maximum atomic E-state index is 5.59. The second kappa shape index (κ2) is 9.42. The molecule has 0 spiro atoms. The van der Waals surface area contributed by atoms with Crippen LogP contribution in [0.4, 0.5) is 11.8 Å². The molecule has 3 N–H and O–H groups in total. The van der Waals surface area contributed by atoms with Crippen LogP contribution in [0, 0.1) is 0 Å². The first-order chi connectivity index (χ1) is 9.26. The molecule has 19 heavy (non-hydrogen) atoms. The standard InChI is InChI=1S/C14H26N4O/c1-3-4-5-6-7-8-9-10-16-12-11-13(19-2)18-14(15)17-12/h11H,3-10H2,1-2H3,(H3,15,16,17,18). The summed E-state index contributed by atoms with van der Waals surface area (Å²) in [6.45, 7) is 3.15.